The van der Waals surface area contributed by atoms with E-state index in [1.165, 1.54) is 13.0 Å². The lowest BCUT2D eigenvalue weighted by Crippen LogP contribution is -2.27. The predicted octanol–water partition coefficient (Wildman–Crippen LogP) is 3.02. The van der Waals surface area contributed by atoms with Gasteiger partial charge in [0.05, 0.1) is 18.3 Å². The second kappa shape index (κ2) is 11.7. The van der Waals surface area contributed by atoms with E-state index in [9.17, 15) is 20.1 Å². The second-order valence-electron chi connectivity index (χ2n) is 6.16. The lowest BCUT2D eigenvalue weighted by molar-refractivity contribution is -0.112. The van der Waals surface area contributed by atoms with Gasteiger partial charge in [-0.05, 0) is 40.7 Å². The molecular formula is C20H30O4. The molecule has 3 atom stereocenters. The van der Waals surface area contributed by atoms with Crippen LogP contribution in [0.4, 0.5) is 0 Å². The number of aliphatic hydroxyl groups excluding tert-OH is 3. The smallest absolute Gasteiger partial charge is 0.152 e. The molecule has 4 heteroatoms. The van der Waals surface area contributed by atoms with Crippen molar-refractivity contribution in [2.45, 2.75) is 59.4 Å². The Hall–Kier alpha value is -1.75. The summed E-state index contributed by atoms with van der Waals surface area (Å²) in [5.41, 5.74) is 2.82. The molecule has 0 aromatic carbocycles. The predicted molar refractivity (Wildman–Crippen MR) is 98.5 cm³/mol. The van der Waals surface area contributed by atoms with E-state index in [2.05, 4.69) is 0 Å². The quantitative estimate of drug-likeness (QED) is 0.447. The van der Waals surface area contributed by atoms with Crippen LogP contribution in [0.15, 0.2) is 59.3 Å². The minimum absolute atomic E-state index is 0.0152. The Morgan fingerprint density at radius 3 is 2.08 bits per heavy atom. The molecule has 0 bridgehead atoms. The molecule has 0 saturated heterocycles. The second-order valence-corrected chi connectivity index (χ2v) is 6.16. The van der Waals surface area contributed by atoms with Crippen LogP contribution in [0, 0.1) is 0 Å². The summed E-state index contributed by atoms with van der Waals surface area (Å²) < 4.78 is 0. The lowest BCUT2D eigenvalue weighted by atomic mass is 10.0. The summed E-state index contributed by atoms with van der Waals surface area (Å²) in [5, 5.41) is 28.8. The van der Waals surface area contributed by atoms with Crippen LogP contribution in [0.2, 0.25) is 0 Å². The van der Waals surface area contributed by atoms with Gasteiger partial charge in [-0.15, -0.1) is 0 Å². The highest BCUT2D eigenvalue weighted by Gasteiger charge is 2.15. The molecule has 0 spiro atoms. The first kappa shape index (κ1) is 22.2. The zero-order valence-corrected chi connectivity index (χ0v) is 15.2. The van der Waals surface area contributed by atoms with E-state index in [-0.39, 0.29) is 12.2 Å². The average Bonchev–Trinajstić information content (AvgIpc) is 2.44. The molecule has 0 aliphatic heterocycles. The number of hydrogen-bond donors (Lipinski definition) is 3. The standard InChI is InChI=1S/C20H30O4/c1-14(11-16(3)9-10-17(4)21)7-6-8-15(2)12-19(23)20(24)13-18(5)22/h6-12,18-20,22-24H,13H2,1-5H3/t18-,19-,20-/m1/s1. The number of rotatable bonds is 9. The molecule has 0 aliphatic rings. The van der Waals surface area contributed by atoms with Gasteiger partial charge in [-0.3, -0.25) is 4.79 Å². The van der Waals surface area contributed by atoms with Gasteiger partial charge in [0, 0.05) is 6.42 Å². The highest BCUT2D eigenvalue weighted by molar-refractivity contribution is 5.87. The summed E-state index contributed by atoms with van der Waals surface area (Å²) in [7, 11) is 0. The Morgan fingerprint density at radius 2 is 1.54 bits per heavy atom. The van der Waals surface area contributed by atoms with E-state index in [0.717, 1.165) is 16.7 Å². The highest BCUT2D eigenvalue weighted by Crippen LogP contribution is 2.08. The summed E-state index contributed by atoms with van der Waals surface area (Å²) in [5.74, 6) is 0.0152. The van der Waals surface area contributed by atoms with Crippen LogP contribution in [-0.4, -0.2) is 39.4 Å². The molecule has 0 aromatic heterocycles. The number of ketones is 1. The molecule has 4 nitrogen and oxygen atoms in total. The van der Waals surface area contributed by atoms with E-state index in [1.54, 1.807) is 19.1 Å². The van der Waals surface area contributed by atoms with Crippen molar-refractivity contribution < 1.29 is 20.1 Å². The Balaban J connectivity index is 4.74. The van der Waals surface area contributed by atoms with Crippen molar-refractivity contribution in [1.82, 2.24) is 0 Å². The van der Waals surface area contributed by atoms with Gasteiger partial charge < -0.3 is 15.3 Å². The number of aliphatic hydroxyl groups is 3. The van der Waals surface area contributed by atoms with Gasteiger partial charge in [0.2, 0.25) is 0 Å². The van der Waals surface area contributed by atoms with Crippen molar-refractivity contribution in [1.29, 1.82) is 0 Å². The molecule has 0 heterocycles. The van der Waals surface area contributed by atoms with Crippen molar-refractivity contribution in [2.75, 3.05) is 0 Å². The molecule has 0 fully saturated rings. The summed E-state index contributed by atoms with van der Waals surface area (Å²) in [6.45, 7) is 8.79. The summed E-state index contributed by atoms with van der Waals surface area (Å²) >= 11 is 0. The Kier molecular flexibility index (Phi) is 10.9. The Bertz CT molecular complexity index is 548. The van der Waals surface area contributed by atoms with Crippen LogP contribution in [-0.2, 0) is 4.79 Å². The summed E-state index contributed by atoms with van der Waals surface area (Å²) in [6.07, 6.45) is 9.91. The molecule has 0 radical (unpaired) electrons. The largest absolute Gasteiger partial charge is 0.393 e. The van der Waals surface area contributed by atoms with Gasteiger partial charge in [-0.1, -0.05) is 53.2 Å². The van der Waals surface area contributed by atoms with E-state index >= 15 is 0 Å². The molecule has 0 amide bonds. The minimum atomic E-state index is -1.01. The third-order valence-electron chi connectivity index (χ3n) is 3.16. The van der Waals surface area contributed by atoms with Crippen LogP contribution in [0.3, 0.4) is 0 Å². The summed E-state index contributed by atoms with van der Waals surface area (Å²) in [4.78, 5) is 10.9. The van der Waals surface area contributed by atoms with Gasteiger partial charge in [-0.2, -0.15) is 0 Å². The van der Waals surface area contributed by atoms with Crippen molar-refractivity contribution in [3.8, 4) is 0 Å². The number of carbonyl (C=O) groups excluding carboxylic acids is 1. The van der Waals surface area contributed by atoms with Crippen LogP contribution < -0.4 is 0 Å². The van der Waals surface area contributed by atoms with Crippen LogP contribution >= 0.6 is 0 Å². The van der Waals surface area contributed by atoms with Gasteiger partial charge >= 0.3 is 0 Å². The fourth-order valence-corrected chi connectivity index (χ4v) is 1.98. The third kappa shape index (κ3) is 11.8. The maximum atomic E-state index is 10.9. The first-order valence-corrected chi connectivity index (χ1v) is 8.06. The fraction of sp³-hybridized carbons (Fsp3) is 0.450. The maximum Gasteiger partial charge on any atom is 0.152 e. The molecule has 134 valence electrons. The molecule has 0 aromatic rings. The molecule has 0 saturated carbocycles. The molecule has 0 rings (SSSR count). The lowest BCUT2D eigenvalue weighted by Gasteiger charge is -2.16. The number of allylic oxidation sites excluding steroid dienone is 9. The normalized spacial score (nSPS) is 18.2. The molecule has 3 N–H and O–H groups in total. The molecule has 24 heavy (non-hydrogen) atoms. The Morgan fingerprint density at radius 1 is 0.917 bits per heavy atom. The van der Waals surface area contributed by atoms with Crippen molar-refractivity contribution in [3.05, 3.63) is 59.3 Å². The molecular weight excluding hydrogens is 304 g/mol. The van der Waals surface area contributed by atoms with Crippen molar-refractivity contribution in [3.63, 3.8) is 0 Å². The van der Waals surface area contributed by atoms with E-state index in [4.69, 9.17) is 0 Å². The van der Waals surface area contributed by atoms with Crippen LogP contribution in [0.5, 0.6) is 0 Å². The van der Waals surface area contributed by atoms with Gasteiger partial charge in [0.15, 0.2) is 5.78 Å². The third-order valence-corrected chi connectivity index (χ3v) is 3.16. The van der Waals surface area contributed by atoms with Crippen molar-refractivity contribution >= 4 is 5.78 Å². The Labute approximate surface area is 145 Å². The van der Waals surface area contributed by atoms with Crippen LogP contribution in [0.25, 0.3) is 0 Å². The monoisotopic (exact) mass is 334 g/mol. The van der Waals surface area contributed by atoms with Gasteiger partial charge in [0.1, 0.15) is 0 Å². The van der Waals surface area contributed by atoms with Gasteiger partial charge in [0.25, 0.3) is 0 Å². The zero-order valence-electron chi connectivity index (χ0n) is 15.2. The van der Waals surface area contributed by atoms with E-state index in [1.807, 2.05) is 45.1 Å². The highest BCUT2D eigenvalue weighted by atomic mass is 16.3. The van der Waals surface area contributed by atoms with E-state index < -0.39 is 18.3 Å². The average molecular weight is 334 g/mol. The topological polar surface area (TPSA) is 77.8 Å². The first-order valence-electron chi connectivity index (χ1n) is 8.06. The fourth-order valence-electron chi connectivity index (χ4n) is 1.98. The molecule has 0 aliphatic carbocycles. The van der Waals surface area contributed by atoms with Crippen LogP contribution in [0.1, 0.15) is 41.0 Å². The maximum absolute atomic E-state index is 10.9. The number of hydrogen-bond acceptors (Lipinski definition) is 4. The van der Waals surface area contributed by atoms with Crippen molar-refractivity contribution in [2.24, 2.45) is 0 Å². The molecule has 0 unspecified atom stereocenters. The van der Waals surface area contributed by atoms with Gasteiger partial charge in [-0.25, -0.2) is 0 Å². The number of carbonyl (C=O) groups is 1. The zero-order chi connectivity index (χ0) is 18.7. The van der Waals surface area contributed by atoms with E-state index in [0.29, 0.717) is 0 Å². The minimum Gasteiger partial charge on any atom is -0.393 e. The summed E-state index contributed by atoms with van der Waals surface area (Å²) in [6, 6.07) is 0. The SMILES string of the molecule is CC(=O)C=CC(C)=CC(C)=CC=CC(C)=C[C@@H](O)[C@H](O)C[C@@H](C)O. The first-order chi connectivity index (χ1) is 11.1.